The summed E-state index contributed by atoms with van der Waals surface area (Å²) >= 11 is 6.22. The largest absolute Gasteiger partial charge is 0.497 e. The molecule has 6 nitrogen and oxygen atoms in total. The first-order valence-corrected chi connectivity index (χ1v) is 8.71. The lowest BCUT2D eigenvalue weighted by molar-refractivity contribution is 0.414. The van der Waals surface area contributed by atoms with Crippen LogP contribution in [0.1, 0.15) is 22.5 Å². The Morgan fingerprint density at radius 2 is 1.93 bits per heavy atom. The Balaban J connectivity index is 1.73. The van der Waals surface area contributed by atoms with E-state index in [0.29, 0.717) is 41.5 Å². The summed E-state index contributed by atoms with van der Waals surface area (Å²) in [5, 5.41) is 16.6. The van der Waals surface area contributed by atoms with Gasteiger partial charge in [-0.3, -0.25) is 0 Å². The summed E-state index contributed by atoms with van der Waals surface area (Å²) in [6.45, 7) is 2.93. The number of ether oxygens (including phenoxy) is 2. The van der Waals surface area contributed by atoms with Gasteiger partial charge < -0.3 is 14.8 Å². The molecule has 0 spiro atoms. The highest BCUT2D eigenvalue weighted by atomic mass is 35.5. The predicted molar refractivity (Wildman–Crippen MR) is 103 cm³/mol. The van der Waals surface area contributed by atoms with Crippen molar-refractivity contribution in [3.05, 3.63) is 71.0 Å². The predicted octanol–water partition coefficient (Wildman–Crippen LogP) is 4.16. The average Bonchev–Trinajstić information content (AvgIpc) is 2.95. The van der Waals surface area contributed by atoms with Crippen molar-refractivity contribution < 1.29 is 9.47 Å². The topological polar surface area (TPSA) is 72.1 Å². The molecule has 0 aliphatic heterocycles. The van der Waals surface area contributed by atoms with Crippen LogP contribution < -0.4 is 14.8 Å². The van der Waals surface area contributed by atoms with Gasteiger partial charge in [0, 0.05) is 24.9 Å². The van der Waals surface area contributed by atoms with Gasteiger partial charge in [0.25, 0.3) is 0 Å². The van der Waals surface area contributed by atoms with E-state index in [2.05, 4.69) is 16.5 Å². The Labute approximate surface area is 163 Å². The van der Waals surface area contributed by atoms with Gasteiger partial charge >= 0.3 is 0 Å². The Hall–Kier alpha value is -3.01. The molecule has 0 aliphatic rings. The molecule has 3 rings (SSSR count). The number of hydrogen-bond donors (Lipinski definition) is 1. The molecule has 0 saturated carbocycles. The summed E-state index contributed by atoms with van der Waals surface area (Å²) in [7, 11) is 1.65. The van der Waals surface area contributed by atoms with E-state index in [4.69, 9.17) is 26.5 Å². The van der Waals surface area contributed by atoms with Crippen LogP contribution >= 0.6 is 11.8 Å². The van der Waals surface area contributed by atoms with Crippen LogP contribution in [0.3, 0.4) is 0 Å². The molecule has 1 aromatic heterocycles. The summed E-state index contributed by atoms with van der Waals surface area (Å²) in [4.78, 5) is 0. The maximum Gasteiger partial charge on any atom is 0.174 e. The van der Waals surface area contributed by atoms with E-state index in [0.717, 1.165) is 11.3 Å². The van der Waals surface area contributed by atoms with Crippen molar-refractivity contribution in [2.24, 2.45) is 0 Å². The molecular weight excluding hydrogens is 364 g/mol. The number of nitriles is 1. The van der Waals surface area contributed by atoms with Crippen LogP contribution in [0.25, 0.3) is 0 Å². The minimum atomic E-state index is 0.467. The molecule has 0 amide bonds. The number of aryl methyl sites for hydroxylation is 1. The molecule has 0 fully saturated rings. The Bertz CT molecular complexity index is 978. The van der Waals surface area contributed by atoms with Gasteiger partial charge in [-0.05, 0) is 42.8 Å². The van der Waals surface area contributed by atoms with E-state index in [1.807, 2.05) is 31.2 Å². The highest BCUT2D eigenvalue weighted by molar-refractivity contribution is 6.15. The first kappa shape index (κ1) is 18.8. The third-order valence-corrected chi connectivity index (χ3v) is 4.27. The Morgan fingerprint density at radius 3 is 2.70 bits per heavy atom. The molecule has 1 N–H and O–H groups in total. The molecule has 0 bridgehead atoms. The lowest BCUT2D eigenvalue weighted by atomic mass is 10.2. The first-order valence-electron chi connectivity index (χ1n) is 8.37. The van der Waals surface area contributed by atoms with Gasteiger partial charge in [-0.2, -0.15) is 14.6 Å². The van der Waals surface area contributed by atoms with Crippen molar-refractivity contribution in [3.63, 3.8) is 0 Å². The minimum absolute atomic E-state index is 0.467. The highest BCUT2D eigenvalue weighted by Gasteiger charge is 2.17. The quantitative estimate of drug-likeness (QED) is 0.664. The molecule has 138 valence electrons. The average molecular weight is 383 g/mol. The van der Waals surface area contributed by atoms with E-state index in [1.54, 1.807) is 31.4 Å². The zero-order valence-corrected chi connectivity index (χ0v) is 15.8. The van der Waals surface area contributed by atoms with E-state index in [9.17, 15) is 0 Å². The zero-order chi connectivity index (χ0) is 19.2. The van der Waals surface area contributed by atoms with Crippen molar-refractivity contribution in [2.45, 2.75) is 20.0 Å². The normalized spacial score (nSPS) is 10.4. The van der Waals surface area contributed by atoms with Crippen molar-refractivity contribution >= 4 is 11.8 Å². The second-order valence-corrected chi connectivity index (χ2v) is 6.24. The highest BCUT2D eigenvalue weighted by Crippen LogP contribution is 2.30. The van der Waals surface area contributed by atoms with Crippen LogP contribution in [0, 0.1) is 18.3 Å². The van der Waals surface area contributed by atoms with E-state index in [1.165, 1.54) is 4.20 Å². The standard InChI is InChI=1S/C20H19ClN4O2/c1-14-20(27-18-8-3-5-15(9-18)11-22)19(25(21)24-14)13-23-12-16-6-4-7-17(10-16)26-2/h3-10,23H,12-13H2,1-2H3. The van der Waals surface area contributed by atoms with Crippen LogP contribution in [-0.4, -0.2) is 16.4 Å². The third kappa shape index (κ3) is 4.59. The molecular formula is C20H19ClN4O2. The Kier molecular flexibility index (Phi) is 5.97. The molecule has 0 saturated heterocycles. The summed E-state index contributed by atoms with van der Waals surface area (Å²) in [6.07, 6.45) is 0. The van der Waals surface area contributed by atoms with E-state index < -0.39 is 0 Å². The fourth-order valence-corrected chi connectivity index (χ4v) is 2.91. The number of hydrogen-bond acceptors (Lipinski definition) is 5. The van der Waals surface area contributed by atoms with Crippen molar-refractivity contribution in [1.29, 1.82) is 5.26 Å². The summed E-state index contributed by atoms with van der Waals surface area (Å²) in [5.74, 6) is 1.96. The van der Waals surface area contributed by atoms with Gasteiger partial charge in [-0.25, -0.2) is 0 Å². The molecule has 27 heavy (non-hydrogen) atoms. The summed E-state index contributed by atoms with van der Waals surface area (Å²) in [5.41, 5.74) is 3.00. The molecule has 0 aliphatic carbocycles. The molecule has 2 aromatic carbocycles. The van der Waals surface area contributed by atoms with Gasteiger partial charge in [0.15, 0.2) is 5.75 Å². The van der Waals surface area contributed by atoms with Crippen molar-refractivity contribution in [1.82, 2.24) is 14.6 Å². The molecule has 1 heterocycles. The number of nitrogens with zero attached hydrogens (tertiary/aromatic N) is 3. The van der Waals surface area contributed by atoms with Crippen LogP contribution in [0.4, 0.5) is 0 Å². The number of nitrogens with one attached hydrogen (secondary N) is 1. The smallest absolute Gasteiger partial charge is 0.174 e. The Morgan fingerprint density at radius 1 is 1.15 bits per heavy atom. The lowest BCUT2D eigenvalue weighted by Gasteiger charge is -2.10. The van der Waals surface area contributed by atoms with Crippen LogP contribution in [0.15, 0.2) is 48.5 Å². The minimum Gasteiger partial charge on any atom is -0.497 e. The fraction of sp³-hybridized carbons (Fsp3) is 0.200. The first-order chi connectivity index (χ1) is 13.1. The zero-order valence-electron chi connectivity index (χ0n) is 15.1. The van der Waals surface area contributed by atoms with E-state index >= 15 is 0 Å². The van der Waals surface area contributed by atoms with Crippen LogP contribution in [0.2, 0.25) is 0 Å². The number of benzene rings is 2. The third-order valence-electron chi connectivity index (χ3n) is 3.99. The van der Waals surface area contributed by atoms with Gasteiger partial charge in [0.1, 0.15) is 22.9 Å². The fourth-order valence-electron chi connectivity index (χ4n) is 2.66. The van der Waals surface area contributed by atoms with Gasteiger partial charge in [-0.15, -0.1) is 0 Å². The molecule has 7 heteroatoms. The summed E-state index contributed by atoms with van der Waals surface area (Å²) < 4.78 is 12.5. The second-order valence-electron chi connectivity index (χ2n) is 5.92. The molecule has 0 atom stereocenters. The van der Waals surface area contributed by atoms with Crippen LogP contribution in [-0.2, 0) is 13.1 Å². The van der Waals surface area contributed by atoms with E-state index in [-0.39, 0.29) is 0 Å². The van der Waals surface area contributed by atoms with Gasteiger partial charge in [-0.1, -0.05) is 18.2 Å². The van der Waals surface area contributed by atoms with Gasteiger partial charge in [0.2, 0.25) is 0 Å². The monoisotopic (exact) mass is 382 g/mol. The SMILES string of the molecule is COc1cccc(CNCc2c(Oc3cccc(C#N)c3)c(C)nn2Cl)c1. The van der Waals surface area contributed by atoms with Crippen LogP contribution in [0.5, 0.6) is 17.2 Å². The molecule has 3 aromatic rings. The number of rotatable bonds is 7. The van der Waals surface area contributed by atoms with Gasteiger partial charge in [0.05, 0.1) is 18.7 Å². The summed E-state index contributed by atoms with van der Waals surface area (Å²) in [6, 6.07) is 16.9. The lowest BCUT2D eigenvalue weighted by Crippen LogP contribution is -2.15. The number of halogens is 1. The second kappa shape index (κ2) is 8.58. The maximum atomic E-state index is 9.04. The number of methoxy groups -OCH3 is 1. The van der Waals surface area contributed by atoms with Crippen molar-refractivity contribution in [3.8, 4) is 23.3 Å². The molecule has 0 radical (unpaired) electrons. The number of aromatic nitrogens is 2. The molecule has 0 unspecified atom stereocenters. The van der Waals surface area contributed by atoms with Crippen molar-refractivity contribution in [2.75, 3.05) is 7.11 Å². The maximum absolute atomic E-state index is 9.04.